The molecule has 0 bridgehead atoms. The monoisotopic (exact) mass is 102 g/mol. The fraction of sp³-hybridized carbons (Fsp3) is 0.600. The highest BCUT2D eigenvalue weighted by molar-refractivity contribution is 4.84. The SMILES string of the molecule is C/C=C\[C@@H](O)CO. The number of hydrogen-bond acceptors (Lipinski definition) is 2. The molecule has 7 heavy (non-hydrogen) atoms. The summed E-state index contributed by atoms with van der Waals surface area (Å²) in [6.45, 7) is 1.60. The van der Waals surface area contributed by atoms with E-state index >= 15 is 0 Å². The number of allylic oxidation sites excluding steroid dienone is 1. The van der Waals surface area contributed by atoms with E-state index in [2.05, 4.69) is 0 Å². The van der Waals surface area contributed by atoms with E-state index in [0.29, 0.717) is 0 Å². The van der Waals surface area contributed by atoms with Crippen LogP contribution in [-0.4, -0.2) is 22.9 Å². The molecule has 42 valence electrons. The molecule has 0 aliphatic heterocycles. The molecule has 0 unspecified atom stereocenters. The molecular weight excluding hydrogens is 92.1 g/mol. The molecule has 2 nitrogen and oxygen atoms in total. The van der Waals surface area contributed by atoms with Crippen molar-refractivity contribution in [2.24, 2.45) is 0 Å². The van der Waals surface area contributed by atoms with E-state index in [0.717, 1.165) is 0 Å². The zero-order chi connectivity index (χ0) is 5.70. The van der Waals surface area contributed by atoms with Crippen molar-refractivity contribution in [2.45, 2.75) is 13.0 Å². The van der Waals surface area contributed by atoms with Crippen molar-refractivity contribution in [1.29, 1.82) is 0 Å². The first kappa shape index (κ1) is 6.66. The predicted molar refractivity (Wildman–Crippen MR) is 27.9 cm³/mol. The lowest BCUT2D eigenvalue weighted by molar-refractivity contribution is 0.131. The van der Waals surface area contributed by atoms with Crippen LogP contribution in [0.15, 0.2) is 12.2 Å². The fourth-order valence-corrected chi connectivity index (χ4v) is 0.283. The lowest BCUT2D eigenvalue weighted by Crippen LogP contribution is -2.06. The van der Waals surface area contributed by atoms with Gasteiger partial charge in [-0.3, -0.25) is 0 Å². The van der Waals surface area contributed by atoms with Crippen molar-refractivity contribution in [3.63, 3.8) is 0 Å². The molecule has 0 fully saturated rings. The molecule has 0 spiro atoms. The van der Waals surface area contributed by atoms with Crippen LogP contribution in [-0.2, 0) is 0 Å². The second-order valence-corrected chi connectivity index (χ2v) is 1.28. The Morgan fingerprint density at radius 2 is 2.29 bits per heavy atom. The van der Waals surface area contributed by atoms with E-state index in [1.165, 1.54) is 6.08 Å². The minimum atomic E-state index is -0.676. The largest absolute Gasteiger partial charge is 0.393 e. The number of aliphatic hydroxyl groups is 2. The van der Waals surface area contributed by atoms with E-state index in [1.54, 1.807) is 13.0 Å². The van der Waals surface area contributed by atoms with E-state index in [4.69, 9.17) is 10.2 Å². The molecule has 0 aromatic rings. The third-order valence-corrected chi connectivity index (χ3v) is 0.602. The van der Waals surface area contributed by atoms with E-state index in [1.807, 2.05) is 0 Å². The standard InChI is InChI=1S/C5H10O2/c1-2-3-5(7)4-6/h2-3,5-7H,4H2,1H3/b3-2-/t5-/m1/s1. The van der Waals surface area contributed by atoms with Gasteiger partial charge >= 0.3 is 0 Å². The Kier molecular flexibility index (Phi) is 3.65. The molecule has 0 aliphatic carbocycles. The van der Waals surface area contributed by atoms with Crippen LogP contribution in [0.5, 0.6) is 0 Å². The number of aliphatic hydroxyl groups excluding tert-OH is 2. The van der Waals surface area contributed by atoms with Crippen LogP contribution in [0.3, 0.4) is 0 Å². The first-order valence-corrected chi connectivity index (χ1v) is 2.23. The van der Waals surface area contributed by atoms with Crippen molar-refractivity contribution in [3.8, 4) is 0 Å². The Balaban J connectivity index is 3.16. The summed E-state index contributed by atoms with van der Waals surface area (Å²) in [4.78, 5) is 0. The maximum atomic E-state index is 8.52. The second-order valence-electron chi connectivity index (χ2n) is 1.28. The molecule has 0 rings (SSSR count). The first-order valence-electron chi connectivity index (χ1n) is 2.23. The average molecular weight is 102 g/mol. The summed E-state index contributed by atoms with van der Waals surface area (Å²) in [5.41, 5.74) is 0. The third-order valence-electron chi connectivity index (χ3n) is 0.602. The van der Waals surface area contributed by atoms with Gasteiger partial charge in [-0.05, 0) is 6.92 Å². The Hall–Kier alpha value is -0.340. The van der Waals surface area contributed by atoms with Crippen LogP contribution in [0, 0.1) is 0 Å². The summed E-state index contributed by atoms with van der Waals surface area (Å²) >= 11 is 0. The molecule has 0 aliphatic rings. The highest BCUT2D eigenvalue weighted by atomic mass is 16.3. The van der Waals surface area contributed by atoms with Crippen molar-refractivity contribution in [1.82, 2.24) is 0 Å². The number of hydrogen-bond donors (Lipinski definition) is 2. The van der Waals surface area contributed by atoms with Crippen LogP contribution in [0.2, 0.25) is 0 Å². The van der Waals surface area contributed by atoms with Gasteiger partial charge in [0.25, 0.3) is 0 Å². The molecular formula is C5H10O2. The van der Waals surface area contributed by atoms with Gasteiger partial charge in [0, 0.05) is 0 Å². The zero-order valence-corrected chi connectivity index (χ0v) is 4.33. The van der Waals surface area contributed by atoms with Crippen LogP contribution >= 0.6 is 0 Å². The first-order chi connectivity index (χ1) is 3.31. The van der Waals surface area contributed by atoms with Gasteiger partial charge in [0.2, 0.25) is 0 Å². The van der Waals surface area contributed by atoms with Crippen molar-refractivity contribution >= 4 is 0 Å². The molecule has 0 aromatic heterocycles. The highest BCUT2D eigenvalue weighted by Gasteiger charge is 1.89. The predicted octanol–water partition coefficient (Wildman–Crippen LogP) is -0.0843. The topological polar surface area (TPSA) is 40.5 Å². The normalized spacial score (nSPS) is 15.3. The van der Waals surface area contributed by atoms with Gasteiger partial charge in [0.05, 0.1) is 12.7 Å². The Morgan fingerprint density at radius 3 is 2.43 bits per heavy atom. The molecule has 0 radical (unpaired) electrons. The third kappa shape index (κ3) is 3.49. The summed E-state index contributed by atoms with van der Waals surface area (Å²) in [6, 6.07) is 0. The summed E-state index contributed by atoms with van der Waals surface area (Å²) in [6.07, 6.45) is 2.55. The van der Waals surface area contributed by atoms with Crippen molar-refractivity contribution in [3.05, 3.63) is 12.2 Å². The molecule has 0 saturated heterocycles. The van der Waals surface area contributed by atoms with Gasteiger partial charge < -0.3 is 10.2 Å². The van der Waals surface area contributed by atoms with E-state index < -0.39 is 6.10 Å². The summed E-state index contributed by atoms with van der Waals surface area (Å²) < 4.78 is 0. The summed E-state index contributed by atoms with van der Waals surface area (Å²) in [7, 11) is 0. The number of rotatable bonds is 2. The highest BCUT2D eigenvalue weighted by Crippen LogP contribution is 1.80. The van der Waals surface area contributed by atoms with Crippen LogP contribution in [0.25, 0.3) is 0 Å². The van der Waals surface area contributed by atoms with Gasteiger partial charge in [0.1, 0.15) is 0 Å². The average Bonchev–Trinajstić information content (AvgIpc) is 1.68. The molecule has 1 atom stereocenters. The van der Waals surface area contributed by atoms with E-state index in [9.17, 15) is 0 Å². The Bertz CT molecular complexity index is 59.1. The lowest BCUT2D eigenvalue weighted by Gasteiger charge is -1.94. The maximum absolute atomic E-state index is 8.52. The molecule has 2 heteroatoms. The smallest absolute Gasteiger partial charge is 0.0951 e. The van der Waals surface area contributed by atoms with Crippen LogP contribution in [0.1, 0.15) is 6.92 Å². The van der Waals surface area contributed by atoms with E-state index in [-0.39, 0.29) is 6.61 Å². The molecule has 0 amide bonds. The van der Waals surface area contributed by atoms with Gasteiger partial charge in [-0.2, -0.15) is 0 Å². The van der Waals surface area contributed by atoms with Crippen molar-refractivity contribution in [2.75, 3.05) is 6.61 Å². The summed E-state index contributed by atoms with van der Waals surface area (Å²) in [5.74, 6) is 0. The van der Waals surface area contributed by atoms with Crippen molar-refractivity contribution < 1.29 is 10.2 Å². The zero-order valence-electron chi connectivity index (χ0n) is 4.33. The molecule has 2 N–H and O–H groups in total. The minimum absolute atomic E-state index is 0.190. The molecule has 0 aromatic carbocycles. The maximum Gasteiger partial charge on any atom is 0.0951 e. The minimum Gasteiger partial charge on any atom is -0.393 e. The quantitative estimate of drug-likeness (QED) is 0.478. The summed E-state index contributed by atoms with van der Waals surface area (Å²) in [5, 5.41) is 16.7. The van der Waals surface area contributed by atoms with Crippen LogP contribution < -0.4 is 0 Å². The molecule has 0 saturated carbocycles. The second kappa shape index (κ2) is 3.84. The fourth-order valence-electron chi connectivity index (χ4n) is 0.283. The van der Waals surface area contributed by atoms with Gasteiger partial charge in [-0.15, -0.1) is 0 Å². The van der Waals surface area contributed by atoms with Gasteiger partial charge in [-0.1, -0.05) is 12.2 Å². The van der Waals surface area contributed by atoms with Gasteiger partial charge in [-0.25, -0.2) is 0 Å². The lowest BCUT2D eigenvalue weighted by atomic mass is 10.3. The Morgan fingerprint density at radius 1 is 1.71 bits per heavy atom. The molecule has 0 heterocycles. The van der Waals surface area contributed by atoms with Gasteiger partial charge in [0.15, 0.2) is 0 Å². The van der Waals surface area contributed by atoms with Crippen LogP contribution in [0.4, 0.5) is 0 Å². The Labute approximate surface area is 43.1 Å².